The molecule has 0 bridgehead atoms. The SMILES string of the molecule is Cc1oc(COC(C)CC(C)C)cc1CNC1CC1. The molecule has 1 fully saturated rings. The van der Waals surface area contributed by atoms with Crippen LogP contribution in [0.4, 0.5) is 0 Å². The monoisotopic (exact) mass is 265 g/mol. The highest BCUT2D eigenvalue weighted by Crippen LogP contribution is 2.21. The summed E-state index contributed by atoms with van der Waals surface area (Å²) in [6.45, 7) is 10.1. The highest BCUT2D eigenvalue weighted by molar-refractivity contribution is 5.20. The van der Waals surface area contributed by atoms with E-state index in [4.69, 9.17) is 9.15 Å². The van der Waals surface area contributed by atoms with Crippen LogP contribution in [-0.4, -0.2) is 12.1 Å². The molecule has 1 unspecified atom stereocenters. The number of hydrogen-bond acceptors (Lipinski definition) is 3. The zero-order valence-electron chi connectivity index (χ0n) is 12.7. The van der Waals surface area contributed by atoms with Gasteiger partial charge in [0.05, 0.1) is 6.10 Å². The smallest absolute Gasteiger partial charge is 0.130 e. The van der Waals surface area contributed by atoms with Gasteiger partial charge in [-0.05, 0) is 45.1 Å². The first-order chi connectivity index (χ1) is 9.04. The first-order valence-electron chi connectivity index (χ1n) is 7.47. The minimum absolute atomic E-state index is 0.290. The Hall–Kier alpha value is -0.800. The molecule has 1 aliphatic carbocycles. The van der Waals surface area contributed by atoms with Gasteiger partial charge < -0.3 is 14.5 Å². The van der Waals surface area contributed by atoms with Gasteiger partial charge in [0.15, 0.2) is 0 Å². The minimum Gasteiger partial charge on any atom is -0.464 e. The maximum Gasteiger partial charge on any atom is 0.130 e. The van der Waals surface area contributed by atoms with E-state index < -0.39 is 0 Å². The number of hydrogen-bond donors (Lipinski definition) is 1. The fourth-order valence-corrected chi connectivity index (χ4v) is 2.33. The molecule has 0 radical (unpaired) electrons. The van der Waals surface area contributed by atoms with Crippen molar-refractivity contribution < 1.29 is 9.15 Å². The third-order valence-corrected chi connectivity index (χ3v) is 3.54. The van der Waals surface area contributed by atoms with Gasteiger partial charge in [0, 0.05) is 18.2 Å². The van der Waals surface area contributed by atoms with Crippen LogP contribution >= 0.6 is 0 Å². The van der Waals surface area contributed by atoms with Crippen molar-refractivity contribution in [2.45, 2.75) is 72.3 Å². The summed E-state index contributed by atoms with van der Waals surface area (Å²) in [6, 6.07) is 2.87. The van der Waals surface area contributed by atoms with Gasteiger partial charge in [0.1, 0.15) is 18.1 Å². The van der Waals surface area contributed by atoms with Crippen molar-refractivity contribution in [1.29, 1.82) is 0 Å². The third kappa shape index (κ3) is 5.00. The molecule has 19 heavy (non-hydrogen) atoms. The molecular weight excluding hydrogens is 238 g/mol. The summed E-state index contributed by atoms with van der Waals surface area (Å²) in [7, 11) is 0. The van der Waals surface area contributed by atoms with E-state index >= 15 is 0 Å². The van der Waals surface area contributed by atoms with E-state index in [-0.39, 0.29) is 0 Å². The van der Waals surface area contributed by atoms with Crippen LogP contribution in [0.25, 0.3) is 0 Å². The van der Waals surface area contributed by atoms with Crippen LogP contribution in [0.3, 0.4) is 0 Å². The van der Waals surface area contributed by atoms with Crippen LogP contribution in [0.2, 0.25) is 0 Å². The van der Waals surface area contributed by atoms with Crippen molar-refractivity contribution in [3.63, 3.8) is 0 Å². The Morgan fingerprint density at radius 3 is 2.74 bits per heavy atom. The standard InChI is InChI=1S/C16H27NO2/c1-11(2)7-12(3)18-10-16-8-14(13(4)19-16)9-17-15-5-6-15/h8,11-12,15,17H,5-7,9-10H2,1-4H3. The topological polar surface area (TPSA) is 34.4 Å². The van der Waals surface area contributed by atoms with E-state index in [1.54, 1.807) is 0 Å². The first kappa shape index (κ1) is 14.6. The van der Waals surface area contributed by atoms with Gasteiger partial charge in [-0.1, -0.05) is 13.8 Å². The number of furan rings is 1. The molecule has 2 rings (SSSR count). The summed E-state index contributed by atoms with van der Waals surface area (Å²) in [6.07, 6.45) is 4.02. The van der Waals surface area contributed by atoms with E-state index in [0.717, 1.165) is 30.5 Å². The van der Waals surface area contributed by atoms with E-state index in [2.05, 4.69) is 32.2 Å². The predicted octanol–water partition coefficient (Wildman–Crippen LogP) is 3.79. The van der Waals surface area contributed by atoms with Crippen molar-refractivity contribution in [3.8, 4) is 0 Å². The fraction of sp³-hybridized carbons (Fsp3) is 0.750. The Balaban J connectivity index is 1.78. The second kappa shape index (κ2) is 6.58. The molecular formula is C16H27NO2. The summed E-state index contributed by atoms with van der Waals surface area (Å²) >= 11 is 0. The molecule has 1 atom stereocenters. The molecule has 0 saturated heterocycles. The summed E-state index contributed by atoms with van der Waals surface area (Å²) in [4.78, 5) is 0. The molecule has 3 nitrogen and oxygen atoms in total. The van der Waals surface area contributed by atoms with Crippen LogP contribution in [-0.2, 0) is 17.9 Å². The Bertz CT molecular complexity index is 393. The summed E-state index contributed by atoms with van der Waals surface area (Å²) in [5, 5.41) is 3.52. The Labute approximate surface area is 116 Å². The lowest BCUT2D eigenvalue weighted by Gasteiger charge is -2.13. The van der Waals surface area contributed by atoms with Crippen molar-refractivity contribution in [1.82, 2.24) is 5.32 Å². The van der Waals surface area contributed by atoms with E-state index in [9.17, 15) is 0 Å². The van der Waals surface area contributed by atoms with Crippen molar-refractivity contribution in [3.05, 3.63) is 23.2 Å². The molecule has 1 saturated carbocycles. The molecule has 0 amide bonds. The molecule has 0 aliphatic heterocycles. The van der Waals surface area contributed by atoms with E-state index in [0.29, 0.717) is 18.6 Å². The van der Waals surface area contributed by atoms with Gasteiger partial charge >= 0.3 is 0 Å². The maximum atomic E-state index is 5.83. The van der Waals surface area contributed by atoms with Gasteiger partial charge in [-0.25, -0.2) is 0 Å². The summed E-state index contributed by atoms with van der Waals surface area (Å²) in [5.41, 5.74) is 1.27. The number of nitrogens with one attached hydrogen (secondary N) is 1. The maximum absolute atomic E-state index is 5.83. The van der Waals surface area contributed by atoms with Crippen molar-refractivity contribution in [2.75, 3.05) is 0 Å². The van der Waals surface area contributed by atoms with Crippen LogP contribution in [0, 0.1) is 12.8 Å². The number of rotatable bonds is 8. The second-order valence-electron chi connectivity index (χ2n) is 6.20. The van der Waals surface area contributed by atoms with Gasteiger partial charge in [-0.3, -0.25) is 0 Å². The molecule has 1 N–H and O–H groups in total. The highest BCUT2D eigenvalue weighted by atomic mass is 16.5. The normalized spacial score (nSPS) is 17.1. The number of aryl methyl sites for hydroxylation is 1. The van der Waals surface area contributed by atoms with Crippen LogP contribution in [0.5, 0.6) is 0 Å². The second-order valence-corrected chi connectivity index (χ2v) is 6.20. The average molecular weight is 265 g/mol. The minimum atomic E-state index is 0.290. The lowest BCUT2D eigenvalue weighted by atomic mass is 10.1. The molecule has 108 valence electrons. The van der Waals surface area contributed by atoms with Crippen molar-refractivity contribution in [2.24, 2.45) is 5.92 Å². The summed E-state index contributed by atoms with van der Waals surface area (Å²) in [5.74, 6) is 2.63. The lowest BCUT2D eigenvalue weighted by Crippen LogP contribution is -2.15. The third-order valence-electron chi connectivity index (χ3n) is 3.54. The zero-order valence-corrected chi connectivity index (χ0v) is 12.7. The lowest BCUT2D eigenvalue weighted by molar-refractivity contribution is 0.0300. The molecule has 0 aromatic carbocycles. The Morgan fingerprint density at radius 2 is 2.11 bits per heavy atom. The van der Waals surface area contributed by atoms with Crippen molar-refractivity contribution >= 4 is 0 Å². The zero-order chi connectivity index (χ0) is 13.8. The first-order valence-corrected chi connectivity index (χ1v) is 7.47. The van der Waals surface area contributed by atoms with Crippen LogP contribution < -0.4 is 5.32 Å². The molecule has 1 aromatic heterocycles. The van der Waals surface area contributed by atoms with E-state index in [1.165, 1.54) is 18.4 Å². The average Bonchev–Trinajstić information content (AvgIpc) is 3.08. The highest BCUT2D eigenvalue weighted by Gasteiger charge is 2.21. The summed E-state index contributed by atoms with van der Waals surface area (Å²) < 4.78 is 11.6. The van der Waals surface area contributed by atoms with Crippen LogP contribution in [0.15, 0.2) is 10.5 Å². The van der Waals surface area contributed by atoms with Gasteiger partial charge in [-0.15, -0.1) is 0 Å². The van der Waals surface area contributed by atoms with Gasteiger partial charge in [-0.2, -0.15) is 0 Å². The quantitative estimate of drug-likeness (QED) is 0.776. The van der Waals surface area contributed by atoms with E-state index in [1.807, 2.05) is 6.92 Å². The van der Waals surface area contributed by atoms with Crippen LogP contribution in [0.1, 0.15) is 57.1 Å². The Morgan fingerprint density at radius 1 is 1.37 bits per heavy atom. The predicted molar refractivity (Wildman–Crippen MR) is 77.0 cm³/mol. The number of ether oxygens (including phenoxy) is 1. The molecule has 3 heteroatoms. The Kier molecular flexibility index (Phi) is 5.06. The van der Waals surface area contributed by atoms with Gasteiger partial charge in [0.2, 0.25) is 0 Å². The largest absolute Gasteiger partial charge is 0.464 e. The molecule has 1 heterocycles. The fourth-order valence-electron chi connectivity index (χ4n) is 2.33. The molecule has 1 aliphatic rings. The molecule has 1 aromatic rings. The van der Waals surface area contributed by atoms with Gasteiger partial charge in [0.25, 0.3) is 0 Å². The molecule has 0 spiro atoms.